The number of carboxylic acid groups (broad SMARTS) is 1. The van der Waals surface area contributed by atoms with E-state index in [1.165, 1.54) is 30.4 Å². The first-order chi connectivity index (χ1) is 11.8. The van der Waals surface area contributed by atoms with E-state index < -0.39 is 23.5 Å². The lowest BCUT2D eigenvalue weighted by molar-refractivity contribution is -0.137. The highest BCUT2D eigenvalue weighted by atomic mass is 19.4. The summed E-state index contributed by atoms with van der Waals surface area (Å²) in [4.78, 5) is 11.0. The quantitative estimate of drug-likeness (QED) is 0.679. The molecule has 25 heavy (non-hydrogen) atoms. The van der Waals surface area contributed by atoms with Crippen molar-refractivity contribution < 1.29 is 27.5 Å². The summed E-state index contributed by atoms with van der Waals surface area (Å²) in [6.45, 7) is 0. The molecule has 128 valence electrons. The molecule has 0 amide bonds. The maximum Gasteiger partial charge on any atom is 0.416 e. The Morgan fingerprint density at radius 3 is 2.40 bits per heavy atom. The second-order valence-electron chi connectivity index (χ2n) is 5.25. The van der Waals surface area contributed by atoms with Gasteiger partial charge in [-0.25, -0.2) is 9.18 Å². The van der Waals surface area contributed by atoms with Crippen molar-refractivity contribution in [3.63, 3.8) is 0 Å². The number of hydrogen-bond donors (Lipinski definition) is 2. The van der Waals surface area contributed by atoms with Crippen molar-refractivity contribution in [1.82, 2.24) is 10.2 Å². The summed E-state index contributed by atoms with van der Waals surface area (Å²) in [6.07, 6.45) is -1.41. The Morgan fingerprint density at radius 2 is 1.80 bits per heavy atom. The van der Waals surface area contributed by atoms with Gasteiger partial charge < -0.3 is 5.11 Å². The zero-order chi connectivity index (χ0) is 18.2. The van der Waals surface area contributed by atoms with Crippen LogP contribution in [0.5, 0.6) is 0 Å². The molecule has 0 spiro atoms. The van der Waals surface area contributed by atoms with E-state index >= 15 is 0 Å². The van der Waals surface area contributed by atoms with E-state index in [0.29, 0.717) is 11.3 Å². The van der Waals surface area contributed by atoms with E-state index in [9.17, 15) is 22.4 Å². The number of aromatic carboxylic acids is 1. The molecule has 0 saturated heterocycles. The Morgan fingerprint density at radius 1 is 1.12 bits per heavy atom. The number of halogens is 4. The van der Waals surface area contributed by atoms with Gasteiger partial charge in [-0.05, 0) is 35.9 Å². The summed E-state index contributed by atoms with van der Waals surface area (Å²) in [5, 5.41) is 15.6. The zero-order valence-electron chi connectivity index (χ0n) is 12.4. The fraction of sp³-hybridized carbons (Fsp3) is 0.0588. The van der Waals surface area contributed by atoms with Gasteiger partial charge in [0.25, 0.3) is 0 Å². The minimum Gasteiger partial charge on any atom is -0.478 e. The van der Waals surface area contributed by atoms with E-state index in [0.717, 1.165) is 18.2 Å². The highest BCUT2D eigenvalue weighted by molar-refractivity contribution is 5.97. The van der Waals surface area contributed by atoms with Gasteiger partial charge in [0.05, 0.1) is 16.8 Å². The lowest BCUT2D eigenvalue weighted by Gasteiger charge is -2.05. The number of fused-ring (bicyclic) bond motifs is 1. The van der Waals surface area contributed by atoms with E-state index in [1.54, 1.807) is 0 Å². The van der Waals surface area contributed by atoms with Crippen LogP contribution in [0.25, 0.3) is 23.1 Å². The number of nitrogens with one attached hydrogen (secondary N) is 1. The van der Waals surface area contributed by atoms with E-state index in [2.05, 4.69) is 10.2 Å². The lowest BCUT2D eigenvalue weighted by Crippen LogP contribution is -2.03. The average Bonchev–Trinajstić information content (AvgIpc) is 2.96. The summed E-state index contributed by atoms with van der Waals surface area (Å²) >= 11 is 0. The number of aromatic nitrogens is 2. The maximum absolute atomic E-state index is 13.9. The van der Waals surface area contributed by atoms with Crippen molar-refractivity contribution in [2.45, 2.75) is 6.18 Å². The molecule has 0 bridgehead atoms. The number of carboxylic acids is 1. The van der Waals surface area contributed by atoms with Gasteiger partial charge in [0, 0.05) is 5.39 Å². The van der Waals surface area contributed by atoms with Crippen molar-refractivity contribution in [2.24, 2.45) is 0 Å². The first-order valence-electron chi connectivity index (χ1n) is 7.02. The van der Waals surface area contributed by atoms with Crippen molar-refractivity contribution in [1.29, 1.82) is 0 Å². The van der Waals surface area contributed by atoms with Crippen molar-refractivity contribution in [2.75, 3.05) is 0 Å². The van der Waals surface area contributed by atoms with Crippen molar-refractivity contribution in [3.8, 4) is 0 Å². The number of aromatic amines is 1. The SMILES string of the molecule is O=C(O)c1cc(F)c2n[nH]c(/C=C/c3ccc(C(F)(F)F)cc3)c2c1. The smallest absolute Gasteiger partial charge is 0.416 e. The Bertz CT molecular complexity index is 973. The molecule has 2 N–H and O–H groups in total. The molecule has 3 aromatic rings. The summed E-state index contributed by atoms with van der Waals surface area (Å²) in [7, 11) is 0. The fourth-order valence-corrected chi connectivity index (χ4v) is 2.31. The van der Waals surface area contributed by atoms with E-state index in [4.69, 9.17) is 5.11 Å². The number of nitrogens with zero attached hydrogens (tertiary/aromatic N) is 1. The summed E-state index contributed by atoms with van der Waals surface area (Å²) in [5.41, 5.74) is -0.167. The molecule has 1 aromatic heterocycles. The Kier molecular flexibility index (Phi) is 4.03. The van der Waals surface area contributed by atoms with Crippen LogP contribution in [0.4, 0.5) is 17.6 Å². The fourth-order valence-electron chi connectivity index (χ4n) is 2.31. The predicted molar refractivity (Wildman–Crippen MR) is 83.4 cm³/mol. The molecule has 0 aliphatic rings. The lowest BCUT2D eigenvalue weighted by atomic mass is 10.1. The highest BCUT2D eigenvalue weighted by Gasteiger charge is 2.29. The minimum atomic E-state index is -4.41. The minimum absolute atomic E-state index is 0.0166. The molecule has 0 fully saturated rings. The van der Waals surface area contributed by atoms with Crippen LogP contribution in [-0.4, -0.2) is 21.3 Å². The van der Waals surface area contributed by atoms with Gasteiger partial charge >= 0.3 is 12.1 Å². The van der Waals surface area contributed by atoms with Gasteiger partial charge in [-0.3, -0.25) is 5.10 Å². The van der Waals surface area contributed by atoms with Crippen LogP contribution in [0.15, 0.2) is 36.4 Å². The van der Waals surface area contributed by atoms with Crippen LogP contribution in [0, 0.1) is 5.82 Å². The Hall–Kier alpha value is -3.16. The highest BCUT2D eigenvalue weighted by Crippen LogP contribution is 2.29. The Balaban J connectivity index is 1.95. The number of benzene rings is 2. The van der Waals surface area contributed by atoms with Crippen molar-refractivity contribution >= 4 is 29.0 Å². The molecule has 0 radical (unpaired) electrons. The molecule has 8 heteroatoms. The molecular weight excluding hydrogens is 340 g/mol. The second-order valence-corrected chi connectivity index (χ2v) is 5.25. The van der Waals surface area contributed by atoms with Crippen LogP contribution < -0.4 is 0 Å². The predicted octanol–water partition coefficient (Wildman–Crippen LogP) is 4.59. The topological polar surface area (TPSA) is 66.0 Å². The molecule has 2 aromatic carbocycles. The largest absolute Gasteiger partial charge is 0.478 e. The Labute approximate surface area is 138 Å². The number of carbonyl (C=O) groups is 1. The summed E-state index contributed by atoms with van der Waals surface area (Å²) < 4.78 is 51.5. The molecular formula is C17H10F4N2O2. The van der Waals surface area contributed by atoms with Gasteiger partial charge in [-0.15, -0.1) is 0 Å². The van der Waals surface area contributed by atoms with Gasteiger partial charge in [-0.1, -0.05) is 18.2 Å². The normalized spacial score (nSPS) is 12.2. The standard InChI is InChI=1S/C17H10F4N2O2/c18-13-8-10(16(24)25)7-12-14(22-23-15(12)13)6-3-9-1-4-11(5-2-9)17(19,20)21/h1-8H,(H,22,23)(H,24,25)/b6-3+. The average molecular weight is 350 g/mol. The third kappa shape index (κ3) is 3.37. The third-order valence-corrected chi connectivity index (χ3v) is 3.57. The molecule has 0 atom stereocenters. The first kappa shape index (κ1) is 16.7. The maximum atomic E-state index is 13.9. The van der Waals surface area contributed by atoms with Crippen LogP contribution in [0.1, 0.15) is 27.2 Å². The van der Waals surface area contributed by atoms with Crippen LogP contribution in [-0.2, 0) is 6.18 Å². The number of hydrogen-bond acceptors (Lipinski definition) is 2. The number of alkyl halides is 3. The van der Waals surface area contributed by atoms with E-state index in [-0.39, 0.29) is 16.5 Å². The molecule has 0 aliphatic heterocycles. The molecule has 0 aliphatic carbocycles. The first-order valence-corrected chi connectivity index (χ1v) is 7.02. The van der Waals surface area contributed by atoms with Crippen molar-refractivity contribution in [3.05, 3.63) is 64.6 Å². The zero-order valence-corrected chi connectivity index (χ0v) is 12.4. The van der Waals surface area contributed by atoms with Gasteiger partial charge in [0.2, 0.25) is 0 Å². The number of rotatable bonds is 3. The van der Waals surface area contributed by atoms with Crippen LogP contribution >= 0.6 is 0 Å². The molecule has 1 heterocycles. The molecule has 3 rings (SSSR count). The second kappa shape index (κ2) is 6.04. The molecule has 0 unspecified atom stereocenters. The summed E-state index contributed by atoms with van der Waals surface area (Å²) in [5.74, 6) is -2.06. The number of H-pyrrole nitrogens is 1. The van der Waals surface area contributed by atoms with Gasteiger partial charge in [0.1, 0.15) is 5.52 Å². The third-order valence-electron chi connectivity index (χ3n) is 3.57. The van der Waals surface area contributed by atoms with Gasteiger partial charge in [0.15, 0.2) is 5.82 Å². The summed E-state index contributed by atoms with van der Waals surface area (Å²) in [6, 6.07) is 6.63. The monoisotopic (exact) mass is 350 g/mol. The van der Waals surface area contributed by atoms with E-state index in [1.807, 2.05) is 0 Å². The van der Waals surface area contributed by atoms with Crippen LogP contribution in [0.2, 0.25) is 0 Å². The molecule has 4 nitrogen and oxygen atoms in total. The van der Waals surface area contributed by atoms with Gasteiger partial charge in [-0.2, -0.15) is 18.3 Å². The molecule has 0 saturated carbocycles. The van der Waals surface area contributed by atoms with Crippen LogP contribution in [0.3, 0.4) is 0 Å².